The Balaban J connectivity index is 1.85. The van der Waals surface area contributed by atoms with Gasteiger partial charge in [0, 0.05) is 18.7 Å². The van der Waals surface area contributed by atoms with E-state index < -0.39 is 0 Å². The molecule has 0 saturated heterocycles. The Morgan fingerprint density at radius 3 is 2.71 bits per heavy atom. The summed E-state index contributed by atoms with van der Waals surface area (Å²) in [6, 6.07) is 6.70. The number of ether oxygens (including phenoxy) is 1. The van der Waals surface area contributed by atoms with Crippen molar-refractivity contribution >= 4 is 0 Å². The van der Waals surface area contributed by atoms with Crippen LogP contribution in [0.4, 0.5) is 4.39 Å². The lowest BCUT2D eigenvalue weighted by atomic mass is 9.83. The monoisotopic (exact) mass is 237 g/mol. The van der Waals surface area contributed by atoms with Gasteiger partial charge < -0.3 is 10.5 Å². The van der Waals surface area contributed by atoms with E-state index in [1.807, 2.05) is 6.07 Å². The van der Waals surface area contributed by atoms with Gasteiger partial charge in [-0.1, -0.05) is 37.5 Å². The van der Waals surface area contributed by atoms with E-state index in [1.165, 1.54) is 25.3 Å². The Labute approximate surface area is 102 Å². The average molecular weight is 237 g/mol. The molecule has 0 bridgehead atoms. The van der Waals surface area contributed by atoms with Gasteiger partial charge in [-0.2, -0.15) is 0 Å². The minimum Gasteiger partial charge on any atom is -0.372 e. The smallest absolute Gasteiger partial charge is 0.129 e. The standard InChI is InChI=1S/C14H20FNO/c15-13-7-2-1-6-12(13)14(10-16)17-9-8-11-4-3-5-11/h1-2,6-7,11,14H,3-5,8-10,16H2. The molecule has 0 heterocycles. The third-order valence-corrected chi connectivity index (χ3v) is 3.54. The molecule has 2 nitrogen and oxygen atoms in total. The van der Waals surface area contributed by atoms with Crippen LogP contribution in [0.2, 0.25) is 0 Å². The maximum absolute atomic E-state index is 13.6. The minimum atomic E-state index is -0.309. The highest BCUT2D eigenvalue weighted by Gasteiger charge is 2.19. The van der Waals surface area contributed by atoms with E-state index in [0.717, 1.165) is 12.3 Å². The Morgan fingerprint density at radius 2 is 2.12 bits per heavy atom. The molecule has 0 aliphatic heterocycles. The zero-order valence-corrected chi connectivity index (χ0v) is 10.1. The first-order chi connectivity index (χ1) is 8.31. The van der Waals surface area contributed by atoms with Gasteiger partial charge in [0.2, 0.25) is 0 Å². The van der Waals surface area contributed by atoms with Gasteiger partial charge in [0.25, 0.3) is 0 Å². The second-order valence-electron chi connectivity index (χ2n) is 4.70. The molecule has 0 aromatic heterocycles. The maximum Gasteiger partial charge on any atom is 0.129 e. The molecule has 1 unspecified atom stereocenters. The van der Waals surface area contributed by atoms with E-state index in [0.29, 0.717) is 18.7 Å². The summed E-state index contributed by atoms with van der Waals surface area (Å²) in [6.07, 6.45) is 4.74. The summed E-state index contributed by atoms with van der Waals surface area (Å²) in [6.45, 7) is 1.01. The Bertz CT molecular complexity index is 352. The topological polar surface area (TPSA) is 35.2 Å². The van der Waals surface area contributed by atoms with Crippen molar-refractivity contribution in [3.05, 3.63) is 35.6 Å². The molecule has 1 aliphatic carbocycles. The molecule has 3 heteroatoms. The number of nitrogens with two attached hydrogens (primary N) is 1. The zero-order valence-electron chi connectivity index (χ0n) is 10.1. The molecule has 94 valence electrons. The lowest BCUT2D eigenvalue weighted by Crippen LogP contribution is -2.20. The fraction of sp³-hybridized carbons (Fsp3) is 0.571. The van der Waals surface area contributed by atoms with Crippen LogP contribution >= 0.6 is 0 Å². The first-order valence-electron chi connectivity index (χ1n) is 6.37. The van der Waals surface area contributed by atoms with Gasteiger partial charge in [-0.15, -0.1) is 0 Å². The lowest BCUT2D eigenvalue weighted by molar-refractivity contribution is 0.0403. The number of halogens is 1. The lowest BCUT2D eigenvalue weighted by Gasteiger charge is -2.26. The van der Waals surface area contributed by atoms with Crippen molar-refractivity contribution in [1.29, 1.82) is 0 Å². The molecule has 1 aromatic carbocycles. The second-order valence-corrected chi connectivity index (χ2v) is 4.70. The summed E-state index contributed by atoms with van der Waals surface area (Å²) in [7, 11) is 0. The van der Waals surface area contributed by atoms with Crippen LogP contribution in [-0.4, -0.2) is 13.2 Å². The fourth-order valence-electron chi connectivity index (χ4n) is 2.18. The second kappa shape index (κ2) is 6.12. The van der Waals surface area contributed by atoms with E-state index >= 15 is 0 Å². The van der Waals surface area contributed by atoms with Gasteiger partial charge >= 0.3 is 0 Å². The first-order valence-corrected chi connectivity index (χ1v) is 6.37. The van der Waals surface area contributed by atoms with E-state index in [9.17, 15) is 4.39 Å². The largest absolute Gasteiger partial charge is 0.372 e. The van der Waals surface area contributed by atoms with Gasteiger partial charge in [0.05, 0.1) is 6.10 Å². The fourth-order valence-corrected chi connectivity index (χ4v) is 2.18. The number of hydrogen-bond donors (Lipinski definition) is 1. The van der Waals surface area contributed by atoms with Gasteiger partial charge in [0.15, 0.2) is 0 Å². The number of benzene rings is 1. The molecule has 1 aromatic rings. The van der Waals surface area contributed by atoms with Crippen LogP contribution in [0, 0.1) is 11.7 Å². The van der Waals surface area contributed by atoms with Crippen LogP contribution in [0.1, 0.15) is 37.4 Å². The van der Waals surface area contributed by atoms with E-state index in [-0.39, 0.29) is 11.9 Å². The normalized spacial score (nSPS) is 17.8. The van der Waals surface area contributed by atoms with E-state index in [4.69, 9.17) is 10.5 Å². The molecule has 2 rings (SSSR count). The summed E-state index contributed by atoms with van der Waals surface area (Å²) < 4.78 is 19.3. The molecule has 1 saturated carbocycles. The number of rotatable bonds is 6. The molecule has 1 atom stereocenters. The van der Waals surface area contributed by atoms with Gasteiger partial charge in [-0.05, 0) is 18.4 Å². The Kier molecular flexibility index (Phi) is 4.51. The van der Waals surface area contributed by atoms with Crippen molar-refractivity contribution in [1.82, 2.24) is 0 Å². The summed E-state index contributed by atoms with van der Waals surface area (Å²) >= 11 is 0. The molecule has 1 fully saturated rings. The summed E-state index contributed by atoms with van der Waals surface area (Å²) in [5.74, 6) is 0.584. The van der Waals surface area contributed by atoms with Crippen LogP contribution in [0.5, 0.6) is 0 Å². The SMILES string of the molecule is NCC(OCCC1CCC1)c1ccccc1F. The highest BCUT2D eigenvalue weighted by molar-refractivity contribution is 5.20. The predicted molar refractivity (Wildman–Crippen MR) is 66.1 cm³/mol. The average Bonchev–Trinajstić information content (AvgIpc) is 2.28. The van der Waals surface area contributed by atoms with E-state index in [2.05, 4.69) is 0 Å². The van der Waals surface area contributed by atoms with Crippen molar-refractivity contribution in [2.24, 2.45) is 11.7 Å². The molecular weight excluding hydrogens is 217 g/mol. The molecule has 1 aliphatic rings. The Hall–Kier alpha value is -0.930. The molecule has 2 N–H and O–H groups in total. The van der Waals surface area contributed by atoms with E-state index in [1.54, 1.807) is 12.1 Å². The van der Waals surface area contributed by atoms with Crippen LogP contribution in [0.3, 0.4) is 0 Å². The summed E-state index contributed by atoms with van der Waals surface area (Å²) in [5.41, 5.74) is 6.22. The molecular formula is C14H20FNO. The molecule has 0 amide bonds. The van der Waals surface area contributed by atoms with Crippen LogP contribution < -0.4 is 5.73 Å². The van der Waals surface area contributed by atoms with Crippen molar-refractivity contribution < 1.29 is 9.13 Å². The third kappa shape index (κ3) is 3.27. The van der Waals surface area contributed by atoms with Crippen molar-refractivity contribution in [2.45, 2.75) is 31.8 Å². The van der Waals surface area contributed by atoms with Crippen LogP contribution in [0.25, 0.3) is 0 Å². The highest BCUT2D eigenvalue weighted by Crippen LogP contribution is 2.30. The summed E-state index contributed by atoms with van der Waals surface area (Å²) in [4.78, 5) is 0. The maximum atomic E-state index is 13.6. The number of hydrogen-bond acceptors (Lipinski definition) is 2. The van der Waals surface area contributed by atoms with Crippen LogP contribution in [-0.2, 0) is 4.74 Å². The van der Waals surface area contributed by atoms with Crippen molar-refractivity contribution in [2.75, 3.05) is 13.2 Å². The molecule has 0 spiro atoms. The Morgan fingerprint density at radius 1 is 1.35 bits per heavy atom. The summed E-state index contributed by atoms with van der Waals surface area (Å²) in [5, 5.41) is 0. The zero-order chi connectivity index (χ0) is 12.1. The molecule has 0 radical (unpaired) electrons. The first kappa shape index (κ1) is 12.5. The third-order valence-electron chi connectivity index (χ3n) is 3.54. The highest BCUT2D eigenvalue weighted by atomic mass is 19.1. The molecule has 17 heavy (non-hydrogen) atoms. The van der Waals surface area contributed by atoms with Crippen LogP contribution in [0.15, 0.2) is 24.3 Å². The van der Waals surface area contributed by atoms with Gasteiger partial charge in [-0.25, -0.2) is 4.39 Å². The van der Waals surface area contributed by atoms with Gasteiger partial charge in [-0.3, -0.25) is 0 Å². The minimum absolute atomic E-state index is 0.230. The van der Waals surface area contributed by atoms with Crippen molar-refractivity contribution in [3.63, 3.8) is 0 Å². The van der Waals surface area contributed by atoms with Gasteiger partial charge in [0.1, 0.15) is 5.82 Å². The predicted octanol–water partition coefficient (Wildman–Crippen LogP) is 3.03. The quantitative estimate of drug-likeness (QED) is 0.825. The van der Waals surface area contributed by atoms with Crippen molar-refractivity contribution in [3.8, 4) is 0 Å².